The number of benzene rings is 1. The van der Waals surface area contributed by atoms with Crippen molar-refractivity contribution >= 4 is 17.5 Å². The Labute approximate surface area is 180 Å². The van der Waals surface area contributed by atoms with E-state index in [4.69, 9.17) is 9.97 Å². The number of nitrogens with zero attached hydrogens (tertiary/aromatic N) is 6. The lowest BCUT2D eigenvalue weighted by atomic mass is 10.1. The van der Waals surface area contributed by atoms with Gasteiger partial charge in [-0.05, 0) is 36.6 Å². The van der Waals surface area contributed by atoms with Crippen LogP contribution in [0.15, 0.2) is 48.9 Å². The average Bonchev–Trinajstić information content (AvgIpc) is 3.53. The molecule has 5 rings (SSSR count). The maximum Gasteiger partial charge on any atom is 0.229 e. The maximum absolute atomic E-state index is 4.79. The molecule has 31 heavy (non-hydrogen) atoms. The molecule has 1 fully saturated rings. The first-order valence-corrected chi connectivity index (χ1v) is 10.7. The van der Waals surface area contributed by atoms with E-state index >= 15 is 0 Å². The molecule has 4 aromatic rings. The van der Waals surface area contributed by atoms with Crippen LogP contribution in [0.25, 0.3) is 11.3 Å². The second-order valence-corrected chi connectivity index (χ2v) is 8.13. The van der Waals surface area contributed by atoms with Gasteiger partial charge in [0.15, 0.2) is 5.65 Å². The Morgan fingerprint density at radius 3 is 2.84 bits per heavy atom. The summed E-state index contributed by atoms with van der Waals surface area (Å²) in [5.74, 6) is 1.62. The topological polar surface area (TPSA) is 97.0 Å². The van der Waals surface area contributed by atoms with Gasteiger partial charge in [-0.1, -0.05) is 32.0 Å². The first kappa shape index (κ1) is 19.5. The molecule has 1 aliphatic heterocycles. The molecular formula is C22H27N9. The van der Waals surface area contributed by atoms with Crippen molar-refractivity contribution in [3.8, 4) is 5.69 Å². The van der Waals surface area contributed by atoms with Gasteiger partial charge in [0.05, 0.1) is 11.9 Å². The molecule has 3 N–H and O–H groups in total. The van der Waals surface area contributed by atoms with E-state index in [1.54, 1.807) is 10.7 Å². The van der Waals surface area contributed by atoms with Crippen molar-refractivity contribution in [1.29, 1.82) is 0 Å². The Hall–Kier alpha value is -3.46. The van der Waals surface area contributed by atoms with Crippen LogP contribution in [-0.4, -0.2) is 48.5 Å². The summed E-state index contributed by atoms with van der Waals surface area (Å²) in [5.41, 5.74) is 4.09. The number of para-hydroxylation sites is 1. The largest absolute Gasteiger partial charge is 0.350 e. The second kappa shape index (κ2) is 8.35. The normalized spacial score (nSPS) is 16.3. The van der Waals surface area contributed by atoms with Crippen LogP contribution < -0.4 is 16.0 Å². The Morgan fingerprint density at radius 2 is 2.06 bits per heavy atom. The van der Waals surface area contributed by atoms with E-state index in [0.717, 1.165) is 42.0 Å². The highest BCUT2D eigenvalue weighted by Gasteiger charge is 2.19. The number of aromatic nitrogens is 6. The molecule has 9 heteroatoms. The van der Waals surface area contributed by atoms with Crippen molar-refractivity contribution in [2.75, 3.05) is 23.7 Å². The molecule has 0 aliphatic carbocycles. The van der Waals surface area contributed by atoms with E-state index < -0.39 is 0 Å². The van der Waals surface area contributed by atoms with Crippen LogP contribution >= 0.6 is 0 Å². The molecule has 0 spiro atoms. The third-order valence-electron chi connectivity index (χ3n) is 5.59. The van der Waals surface area contributed by atoms with Crippen LogP contribution in [0.3, 0.4) is 0 Å². The fraction of sp³-hybridized carbons (Fsp3) is 0.364. The Kier molecular flexibility index (Phi) is 5.25. The molecule has 0 amide bonds. The van der Waals surface area contributed by atoms with E-state index in [2.05, 4.69) is 52.1 Å². The summed E-state index contributed by atoms with van der Waals surface area (Å²) in [4.78, 5) is 9.55. The quantitative estimate of drug-likeness (QED) is 0.425. The predicted octanol–water partition coefficient (Wildman–Crippen LogP) is 2.82. The highest BCUT2D eigenvalue weighted by Crippen LogP contribution is 2.23. The molecule has 4 heterocycles. The standard InChI is InChI=1S/C22H27N9/c1-15(2)18-14-26-31-20(18)28-21(27-17-8-10-23-13-17)29-22(31)24-12-16-6-3-4-7-19(16)30-11-5-9-25-30/h3-7,9,11,14-15,17,23H,8,10,12-13H2,1-2H3,(H2,24,27,28,29). The molecule has 3 aromatic heterocycles. The van der Waals surface area contributed by atoms with Gasteiger partial charge in [-0.25, -0.2) is 4.68 Å². The molecule has 1 saturated heterocycles. The van der Waals surface area contributed by atoms with Gasteiger partial charge in [0.25, 0.3) is 0 Å². The highest BCUT2D eigenvalue weighted by molar-refractivity contribution is 5.56. The Bertz CT molecular complexity index is 1160. The monoisotopic (exact) mass is 417 g/mol. The zero-order chi connectivity index (χ0) is 21.2. The van der Waals surface area contributed by atoms with Gasteiger partial charge >= 0.3 is 0 Å². The third kappa shape index (κ3) is 3.96. The summed E-state index contributed by atoms with van der Waals surface area (Å²) in [5, 5.41) is 19.3. The zero-order valence-electron chi connectivity index (χ0n) is 17.8. The number of nitrogens with one attached hydrogen (secondary N) is 3. The second-order valence-electron chi connectivity index (χ2n) is 8.13. The van der Waals surface area contributed by atoms with Crippen LogP contribution in [0.5, 0.6) is 0 Å². The van der Waals surface area contributed by atoms with Crippen LogP contribution in [0, 0.1) is 0 Å². The molecule has 1 aromatic carbocycles. The molecule has 0 saturated carbocycles. The lowest BCUT2D eigenvalue weighted by Gasteiger charge is -2.15. The van der Waals surface area contributed by atoms with Crippen LogP contribution in [0.1, 0.15) is 37.3 Å². The molecule has 0 bridgehead atoms. The summed E-state index contributed by atoms with van der Waals surface area (Å²) in [7, 11) is 0. The molecule has 1 unspecified atom stereocenters. The smallest absolute Gasteiger partial charge is 0.229 e. The van der Waals surface area contributed by atoms with E-state index in [0.29, 0.717) is 30.4 Å². The minimum atomic E-state index is 0.321. The van der Waals surface area contributed by atoms with E-state index in [-0.39, 0.29) is 0 Å². The Morgan fingerprint density at radius 1 is 1.16 bits per heavy atom. The van der Waals surface area contributed by atoms with Gasteiger partial charge in [0.2, 0.25) is 11.9 Å². The molecule has 0 radical (unpaired) electrons. The van der Waals surface area contributed by atoms with E-state index in [9.17, 15) is 0 Å². The van der Waals surface area contributed by atoms with Gasteiger partial charge in [0.1, 0.15) is 0 Å². The van der Waals surface area contributed by atoms with Crippen LogP contribution in [-0.2, 0) is 6.54 Å². The highest BCUT2D eigenvalue weighted by atomic mass is 15.4. The van der Waals surface area contributed by atoms with Crippen LogP contribution in [0.4, 0.5) is 11.9 Å². The Balaban J connectivity index is 1.48. The fourth-order valence-corrected chi connectivity index (χ4v) is 3.91. The maximum atomic E-state index is 4.79. The number of hydrogen-bond acceptors (Lipinski definition) is 7. The number of fused-ring (bicyclic) bond motifs is 1. The SMILES string of the molecule is CC(C)c1cnn2c(NCc3ccccc3-n3cccn3)nc(NC3CCNC3)nc12. The number of rotatable bonds is 7. The summed E-state index contributed by atoms with van der Waals surface area (Å²) in [6.07, 6.45) is 6.68. The lowest BCUT2D eigenvalue weighted by Crippen LogP contribution is -2.24. The molecule has 1 aliphatic rings. The average molecular weight is 418 g/mol. The first-order chi connectivity index (χ1) is 15.2. The van der Waals surface area contributed by atoms with Crippen molar-refractivity contribution < 1.29 is 0 Å². The van der Waals surface area contributed by atoms with Crippen molar-refractivity contribution in [2.24, 2.45) is 0 Å². The van der Waals surface area contributed by atoms with Crippen molar-refractivity contribution in [3.63, 3.8) is 0 Å². The van der Waals surface area contributed by atoms with Gasteiger partial charge in [-0.2, -0.15) is 24.7 Å². The summed E-state index contributed by atoms with van der Waals surface area (Å²) in [6, 6.07) is 10.5. The predicted molar refractivity (Wildman–Crippen MR) is 121 cm³/mol. The van der Waals surface area contributed by atoms with E-state index in [1.807, 2.05) is 35.3 Å². The fourth-order valence-electron chi connectivity index (χ4n) is 3.91. The summed E-state index contributed by atoms with van der Waals surface area (Å²) >= 11 is 0. The minimum Gasteiger partial charge on any atom is -0.350 e. The molecule has 9 nitrogen and oxygen atoms in total. The minimum absolute atomic E-state index is 0.321. The van der Waals surface area contributed by atoms with Crippen LogP contribution in [0.2, 0.25) is 0 Å². The molecule has 160 valence electrons. The van der Waals surface area contributed by atoms with Crippen molar-refractivity contribution in [3.05, 3.63) is 60.0 Å². The van der Waals surface area contributed by atoms with Crippen molar-refractivity contribution in [2.45, 2.75) is 38.8 Å². The van der Waals surface area contributed by atoms with Crippen molar-refractivity contribution in [1.82, 2.24) is 34.7 Å². The first-order valence-electron chi connectivity index (χ1n) is 10.7. The number of hydrogen-bond donors (Lipinski definition) is 3. The molecule has 1 atom stereocenters. The third-order valence-corrected chi connectivity index (χ3v) is 5.59. The zero-order valence-corrected chi connectivity index (χ0v) is 17.8. The van der Waals surface area contributed by atoms with Gasteiger partial charge in [-0.3, -0.25) is 0 Å². The molecular weight excluding hydrogens is 390 g/mol. The summed E-state index contributed by atoms with van der Waals surface area (Å²) in [6.45, 7) is 6.83. The lowest BCUT2D eigenvalue weighted by molar-refractivity contribution is 0.774. The summed E-state index contributed by atoms with van der Waals surface area (Å²) < 4.78 is 3.67. The van der Waals surface area contributed by atoms with E-state index in [1.165, 1.54) is 0 Å². The number of anilines is 2. The van der Waals surface area contributed by atoms with Gasteiger partial charge in [0, 0.05) is 37.1 Å². The van der Waals surface area contributed by atoms with Gasteiger partial charge < -0.3 is 16.0 Å². The van der Waals surface area contributed by atoms with Gasteiger partial charge in [-0.15, -0.1) is 0 Å².